The summed E-state index contributed by atoms with van der Waals surface area (Å²) >= 11 is 0. The Labute approximate surface area is 72.4 Å². The molecule has 0 rings (SSSR count). The molecule has 0 aromatic carbocycles. The Balaban J connectivity index is 4.64. The molecule has 0 heterocycles. The molecule has 0 saturated heterocycles. The fourth-order valence-corrected chi connectivity index (χ4v) is 4.15. The second kappa shape index (κ2) is 4.26. The van der Waals surface area contributed by atoms with Crippen LogP contribution >= 0.6 is 7.26 Å². The first kappa shape index (κ1) is 11.2. The van der Waals surface area contributed by atoms with E-state index in [1.54, 1.807) is 10.9 Å². The second-order valence-electron chi connectivity index (χ2n) is 3.89. The van der Waals surface area contributed by atoms with Crippen molar-refractivity contribution in [3.8, 4) is 0 Å². The molecule has 0 fully saturated rings. The number of hydrogen-bond acceptors (Lipinski definition) is 0. The second-order valence-corrected chi connectivity index (χ2v) is 9.18. The van der Waals surface area contributed by atoms with Gasteiger partial charge in [0.1, 0.15) is 0 Å². The zero-order valence-corrected chi connectivity index (χ0v) is 9.91. The molecule has 0 nitrogen and oxygen atoms in total. The fourth-order valence-electron chi connectivity index (χ4n) is 1.38. The van der Waals surface area contributed by atoms with Gasteiger partial charge in [0.25, 0.3) is 0 Å². The molecule has 0 spiro atoms. The first-order chi connectivity index (χ1) is 4.98. The van der Waals surface area contributed by atoms with Gasteiger partial charge in [0, 0.05) is 0 Å². The van der Waals surface area contributed by atoms with Crippen LogP contribution in [0.25, 0.3) is 0 Å². The van der Waals surface area contributed by atoms with Gasteiger partial charge in [0.15, 0.2) is 0 Å². The molecule has 0 radical (unpaired) electrons. The first-order valence-electron chi connectivity index (χ1n) is 4.62. The van der Waals surface area contributed by atoms with E-state index >= 15 is 0 Å². The topological polar surface area (TPSA) is 0 Å². The molecule has 0 aliphatic heterocycles. The van der Waals surface area contributed by atoms with E-state index in [1.807, 2.05) is 0 Å². The van der Waals surface area contributed by atoms with Crippen molar-refractivity contribution in [2.24, 2.45) is 0 Å². The third-order valence-corrected chi connectivity index (χ3v) is 8.65. The van der Waals surface area contributed by atoms with E-state index in [9.17, 15) is 0 Å². The number of allylic oxidation sites excluding steroid dienone is 2. The molecular formula is C10H23P. The van der Waals surface area contributed by atoms with Crippen LogP contribution in [-0.2, 0) is 0 Å². The molecule has 0 amide bonds. The Bertz CT molecular complexity index is 148. The predicted molar refractivity (Wildman–Crippen MR) is 59.4 cm³/mol. The van der Waals surface area contributed by atoms with Gasteiger partial charge in [-0.2, -0.15) is 0 Å². The van der Waals surface area contributed by atoms with Gasteiger partial charge in [-0.25, -0.2) is 0 Å². The van der Waals surface area contributed by atoms with Crippen LogP contribution in [0.15, 0.2) is 10.9 Å². The van der Waals surface area contributed by atoms with E-state index in [0.29, 0.717) is 0 Å². The average molecular weight is 174 g/mol. The van der Waals surface area contributed by atoms with Crippen LogP contribution in [0.1, 0.15) is 34.6 Å². The summed E-state index contributed by atoms with van der Waals surface area (Å²) in [5.41, 5.74) is 1.54. The third kappa shape index (κ3) is 2.60. The Morgan fingerprint density at radius 3 is 1.45 bits per heavy atom. The van der Waals surface area contributed by atoms with E-state index < -0.39 is 7.26 Å². The van der Waals surface area contributed by atoms with Crippen LogP contribution in [0.3, 0.4) is 0 Å². The van der Waals surface area contributed by atoms with Crippen molar-refractivity contribution in [1.29, 1.82) is 0 Å². The summed E-state index contributed by atoms with van der Waals surface area (Å²) in [6.07, 6.45) is 2.78. The summed E-state index contributed by atoms with van der Waals surface area (Å²) < 4.78 is 0. The van der Waals surface area contributed by atoms with E-state index in [4.69, 9.17) is 0 Å². The zero-order valence-electron chi connectivity index (χ0n) is 8.91. The monoisotopic (exact) mass is 174 g/mol. The van der Waals surface area contributed by atoms with Crippen LogP contribution in [0, 0.1) is 0 Å². The quantitative estimate of drug-likeness (QED) is 0.572. The molecule has 0 aliphatic rings. The maximum absolute atomic E-state index is 2.50. The van der Waals surface area contributed by atoms with Crippen molar-refractivity contribution in [2.45, 2.75) is 34.6 Å². The predicted octanol–water partition coefficient (Wildman–Crippen LogP) is 3.72. The Morgan fingerprint density at radius 2 is 1.36 bits per heavy atom. The summed E-state index contributed by atoms with van der Waals surface area (Å²) in [4.78, 5) is 0. The van der Waals surface area contributed by atoms with Crippen LogP contribution in [0.5, 0.6) is 0 Å². The minimum absolute atomic E-state index is 0.984. The fraction of sp³-hybridized carbons (Fsp3) is 0.800. The average Bonchev–Trinajstić information content (AvgIpc) is 2.01. The molecule has 0 unspecified atom stereocenters. The molecule has 0 bridgehead atoms. The van der Waals surface area contributed by atoms with Gasteiger partial charge in [0.05, 0.1) is 0 Å². The van der Waals surface area contributed by atoms with Crippen molar-refractivity contribution in [3.63, 3.8) is 0 Å². The SMILES string of the molecule is CC[PH](C)(CC)C(C)=C(C)C. The molecular weight excluding hydrogens is 151 g/mol. The van der Waals surface area contributed by atoms with Crippen LogP contribution in [0.4, 0.5) is 0 Å². The minimum atomic E-state index is -0.984. The van der Waals surface area contributed by atoms with Crippen molar-refractivity contribution in [1.82, 2.24) is 0 Å². The van der Waals surface area contributed by atoms with Gasteiger partial charge >= 0.3 is 71.8 Å². The molecule has 0 aliphatic carbocycles. The molecule has 11 heavy (non-hydrogen) atoms. The molecule has 0 saturated carbocycles. The molecule has 0 aromatic heterocycles. The summed E-state index contributed by atoms with van der Waals surface area (Å²) in [7, 11) is -0.984. The van der Waals surface area contributed by atoms with E-state index in [1.165, 1.54) is 12.3 Å². The zero-order chi connectivity index (χ0) is 9.07. The van der Waals surface area contributed by atoms with Crippen LogP contribution < -0.4 is 0 Å². The van der Waals surface area contributed by atoms with Crippen LogP contribution in [0.2, 0.25) is 0 Å². The van der Waals surface area contributed by atoms with E-state index in [-0.39, 0.29) is 0 Å². The first-order valence-corrected chi connectivity index (χ1v) is 7.54. The maximum atomic E-state index is 2.50. The standard InChI is InChI=1S/C10H23P/c1-7-11(6,8-2)10(5)9(3)4/h11H,7-8H2,1-6H3. The van der Waals surface area contributed by atoms with Gasteiger partial charge in [-0.15, -0.1) is 0 Å². The summed E-state index contributed by atoms with van der Waals surface area (Å²) in [6, 6.07) is 0. The number of rotatable bonds is 3. The summed E-state index contributed by atoms with van der Waals surface area (Å²) in [5, 5.41) is 1.71. The number of hydrogen-bond donors (Lipinski definition) is 0. The van der Waals surface area contributed by atoms with Gasteiger partial charge in [0.2, 0.25) is 0 Å². The normalized spacial score (nSPS) is 12.9. The Kier molecular flexibility index (Phi) is 4.32. The Hall–Kier alpha value is 0.170. The van der Waals surface area contributed by atoms with Crippen molar-refractivity contribution >= 4 is 7.26 Å². The molecule has 0 N–H and O–H groups in total. The van der Waals surface area contributed by atoms with Crippen molar-refractivity contribution < 1.29 is 0 Å². The Morgan fingerprint density at radius 1 is 1.00 bits per heavy atom. The molecule has 1 heteroatoms. The van der Waals surface area contributed by atoms with E-state index in [0.717, 1.165) is 0 Å². The van der Waals surface area contributed by atoms with Gasteiger partial charge < -0.3 is 0 Å². The van der Waals surface area contributed by atoms with Crippen molar-refractivity contribution in [3.05, 3.63) is 10.9 Å². The molecule has 68 valence electrons. The summed E-state index contributed by atoms with van der Waals surface area (Å²) in [5.74, 6) is 0. The van der Waals surface area contributed by atoms with Gasteiger partial charge in [-0.3, -0.25) is 0 Å². The molecule has 0 atom stereocenters. The molecule has 0 aromatic rings. The van der Waals surface area contributed by atoms with Gasteiger partial charge in [-0.05, 0) is 0 Å². The van der Waals surface area contributed by atoms with Crippen molar-refractivity contribution in [2.75, 3.05) is 19.0 Å². The van der Waals surface area contributed by atoms with E-state index in [2.05, 4.69) is 41.3 Å². The summed E-state index contributed by atoms with van der Waals surface area (Å²) in [6.45, 7) is 14.0. The third-order valence-electron chi connectivity index (χ3n) is 3.22. The van der Waals surface area contributed by atoms with Crippen LogP contribution in [-0.4, -0.2) is 19.0 Å². The van der Waals surface area contributed by atoms with Gasteiger partial charge in [-0.1, -0.05) is 0 Å².